The highest BCUT2D eigenvalue weighted by Gasteiger charge is 2.10. The molecule has 0 saturated heterocycles. The number of halogens is 1. The lowest BCUT2D eigenvalue weighted by Gasteiger charge is -2.03. The van der Waals surface area contributed by atoms with Crippen LogP contribution in [0.15, 0.2) is 30.6 Å². The van der Waals surface area contributed by atoms with Crippen LogP contribution < -0.4 is 4.74 Å². The Morgan fingerprint density at radius 1 is 1.14 bits per heavy atom. The number of methoxy groups -OCH3 is 1. The molecule has 0 spiro atoms. The van der Waals surface area contributed by atoms with E-state index in [4.69, 9.17) is 16.3 Å². The first-order chi connectivity index (χ1) is 10.2. The van der Waals surface area contributed by atoms with Crippen LogP contribution in [0, 0.1) is 0 Å². The van der Waals surface area contributed by atoms with Crippen LogP contribution in [0.25, 0.3) is 22.8 Å². The van der Waals surface area contributed by atoms with E-state index in [2.05, 4.69) is 25.3 Å². The van der Waals surface area contributed by atoms with Crippen molar-refractivity contribution in [3.63, 3.8) is 0 Å². The monoisotopic (exact) mass is 302 g/mol. The van der Waals surface area contributed by atoms with Gasteiger partial charge in [-0.25, -0.2) is 9.97 Å². The van der Waals surface area contributed by atoms with E-state index < -0.39 is 0 Å². The molecule has 0 aliphatic rings. The van der Waals surface area contributed by atoms with E-state index in [1.54, 1.807) is 29.1 Å². The molecule has 0 aliphatic carbocycles. The van der Waals surface area contributed by atoms with Gasteiger partial charge in [0.05, 0.1) is 19.0 Å². The number of rotatable bonds is 3. The summed E-state index contributed by atoms with van der Waals surface area (Å²) in [7, 11) is 3.36. The normalized spacial score (nSPS) is 10.6. The van der Waals surface area contributed by atoms with E-state index >= 15 is 0 Å². The lowest BCUT2D eigenvalue weighted by molar-refractivity contribution is 0.392. The molecule has 3 rings (SSSR count). The summed E-state index contributed by atoms with van der Waals surface area (Å²) in [6.45, 7) is 0. The molecular formula is C13H11ClN6O. The molecule has 8 heteroatoms. The zero-order chi connectivity index (χ0) is 14.8. The molecule has 0 saturated carbocycles. The van der Waals surface area contributed by atoms with E-state index in [9.17, 15) is 0 Å². The van der Waals surface area contributed by atoms with Crippen LogP contribution in [0.1, 0.15) is 0 Å². The molecule has 106 valence electrons. The maximum absolute atomic E-state index is 6.06. The summed E-state index contributed by atoms with van der Waals surface area (Å²) in [5.74, 6) is 0.824. The van der Waals surface area contributed by atoms with Crippen molar-refractivity contribution in [2.45, 2.75) is 0 Å². The SMILES string of the molecule is COc1ccc(-c2nc(Cl)cc(-c3cnn(C)c3)n2)nn1. The van der Waals surface area contributed by atoms with Crippen LogP contribution in [-0.2, 0) is 7.05 Å². The topological polar surface area (TPSA) is 78.6 Å². The molecule has 0 aromatic carbocycles. The van der Waals surface area contributed by atoms with Gasteiger partial charge >= 0.3 is 0 Å². The number of aromatic nitrogens is 6. The van der Waals surface area contributed by atoms with Gasteiger partial charge in [-0.3, -0.25) is 4.68 Å². The molecule has 0 aliphatic heterocycles. The first-order valence-electron chi connectivity index (χ1n) is 6.07. The molecular weight excluding hydrogens is 292 g/mol. The minimum absolute atomic E-state index is 0.330. The standard InChI is InChI=1S/C13H11ClN6O/c1-20-7-8(6-15-20)10-5-11(14)17-13(16-10)9-3-4-12(21-2)19-18-9/h3-7H,1-2H3. The van der Waals surface area contributed by atoms with Gasteiger partial charge in [-0.15, -0.1) is 10.2 Å². The van der Waals surface area contributed by atoms with Crippen molar-refractivity contribution in [3.8, 4) is 28.7 Å². The predicted molar refractivity (Wildman–Crippen MR) is 76.8 cm³/mol. The Labute approximate surface area is 125 Å². The molecule has 0 unspecified atom stereocenters. The molecule has 3 aromatic heterocycles. The fourth-order valence-corrected chi connectivity index (χ4v) is 1.97. The Hall–Kier alpha value is -2.54. The second-order valence-electron chi connectivity index (χ2n) is 4.26. The van der Waals surface area contributed by atoms with Gasteiger partial charge in [0.15, 0.2) is 5.82 Å². The lowest BCUT2D eigenvalue weighted by Crippen LogP contribution is -1.97. The zero-order valence-electron chi connectivity index (χ0n) is 11.4. The molecule has 0 fully saturated rings. The van der Waals surface area contributed by atoms with Crippen LogP contribution in [0.2, 0.25) is 5.15 Å². The van der Waals surface area contributed by atoms with Crippen LogP contribution in [0.5, 0.6) is 5.88 Å². The fraction of sp³-hybridized carbons (Fsp3) is 0.154. The van der Waals surface area contributed by atoms with E-state index in [1.165, 1.54) is 7.11 Å². The first-order valence-corrected chi connectivity index (χ1v) is 6.45. The minimum atomic E-state index is 0.330. The average Bonchev–Trinajstić information content (AvgIpc) is 2.93. The second kappa shape index (κ2) is 5.45. The van der Waals surface area contributed by atoms with Gasteiger partial charge in [0.2, 0.25) is 5.88 Å². The smallest absolute Gasteiger partial charge is 0.233 e. The number of hydrogen-bond acceptors (Lipinski definition) is 6. The van der Waals surface area contributed by atoms with Gasteiger partial charge in [-0.05, 0) is 6.07 Å². The quantitative estimate of drug-likeness (QED) is 0.689. The van der Waals surface area contributed by atoms with Crippen molar-refractivity contribution in [1.82, 2.24) is 29.9 Å². The Kier molecular flexibility index (Phi) is 3.49. The maximum Gasteiger partial charge on any atom is 0.233 e. The zero-order valence-corrected chi connectivity index (χ0v) is 12.1. The molecule has 0 atom stereocenters. The number of hydrogen-bond donors (Lipinski definition) is 0. The molecule has 0 N–H and O–H groups in total. The van der Waals surface area contributed by atoms with Gasteiger partial charge in [0, 0.05) is 30.9 Å². The second-order valence-corrected chi connectivity index (χ2v) is 4.65. The number of ether oxygens (including phenoxy) is 1. The van der Waals surface area contributed by atoms with Crippen molar-refractivity contribution >= 4 is 11.6 Å². The highest BCUT2D eigenvalue weighted by atomic mass is 35.5. The van der Waals surface area contributed by atoms with Crippen LogP contribution in [-0.4, -0.2) is 37.1 Å². The fourth-order valence-electron chi connectivity index (χ4n) is 1.78. The molecule has 3 aromatic rings. The largest absolute Gasteiger partial charge is 0.480 e. The first kappa shape index (κ1) is 13.4. The van der Waals surface area contributed by atoms with Crippen molar-refractivity contribution < 1.29 is 4.74 Å². The highest BCUT2D eigenvalue weighted by molar-refractivity contribution is 6.29. The van der Waals surface area contributed by atoms with Crippen LogP contribution in [0.3, 0.4) is 0 Å². The van der Waals surface area contributed by atoms with Crippen LogP contribution in [0.4, 0.5) is 0 Å². The third-order valence-electron chi connectivity index (χ3n) is 2.77. The van der Waals surface area contributed by atoms with Crippen molar-refractivity contribution in [2.75, 3.05) is 7.11 Å². The Balaban J connectivity index is 2.04. The Bertz CT molecular complexity index is 771. The summed E-state index contributed by atoms with van der Waals surface area (Å²) in [5.41, 5.74) is 2.05. The van der Waals surface area contributed by atoms with Gasteiger partial charge < -0.3 is 4.74 Å². The van der Waals surface area contributed by atoms with Crippen molar-refractivity contribution in [3.05, 3.63) is 35.7 Å². The molecule has 7 nitrogen and oxygen atoms in total. The van der Waals surface area contributed by atoms with Gasteiger partial charge in [-0.2, -0.15) is 5.10 Å². The Morgan fingerprint density at radius 3 is 2.62 bits per heavy atom. The molecule has 0 bridgehead atoms. The highest BCUT2D eigenvalue weighted by Crippen LogP contribution is 2.23. The predicted octanol–water partition coefficient (Wildman–Crippen LogP) is 2.00. The maximum atomic E-state index is 6.06. The molecule has 0 radical (unpaired) electrons. The van der Waals surface area contributed by atoms with Gasteiger partial charge in [0.1, 0.15) is 10.8 Å². The van der Waals surface area contributed by atoms with E-state index in [0.717, 1.165) is 5.56 Å². The minimum Gasteiger partial charge on any atom is -0.480 e. The molecule has 0 amide bonds. The van der Waals surface area contributed by atoms with Crippen molar-refractivity contribution in [2.24, 2.45) is 7.05 Å². The molecule has 3 heterocycles. The third-order valence-corrected chi connectivity index (χ3v) is 2.97. The summed E-state index contributed by atoms with van der Waals surface area (Å²) < 4.78 is 6.67. The van der Waals surface area contributed by atoms with E-state index in [-0.39, 0.29) is 0 Å². The van der Waals surface area contributed by atoms with Crippen molar-refractivity contribution in [1.29, 1.82) is 0 Å². The summed E-state index contributed by atoms with van der Waals surface area (Å²) in [5, 5.41) is 12.4. The Morgan fingerprint density at radius 2 is 2.00 bits per heavy atom. The summed E-state index contributed by atoms with van der Waals surface area (Å²) in [6.07, 6.45) is 3.56. The van der Waals surface area contributed by atoms with Crippen LogP contribution >= 0.6 is 11.6 Å². The molecule has 21 heavy (non-hydrogen) atoms. The van der Waals surface area contributed by atoms with E-state index in [1.807, 2.05) is 13.2 Å². The third kappa shape index (κ3) is 2.82. The summed E-state index contributed by atoms with van der Waals surface area (Å²) >= 11 is 6.06. The van der Waals surface area contributed by atoms with E-state index in [0.29, 0.717) is 28.2 Å². The number of aryl methyl sites for hydroxylation is 1. The number of nitrogens with zero attached hydrogens (tertiary/aromatic N) is 6. The summed E-state index contributed by atoms with van der Waals surface area (Å²) in [4.78, 5) is 8.63. The lowest BCUT2D eigenvalue weighted by atomic mass is 10.2. The van der Waals surface area contributed by atoms with Gasteiger partial charge in [0.25, 0.3) is 0 Å². The average molecular weight is 303 g/mol. The summed E-state index contributed by atoms with van der Waals surface area (Å²) in [6, 6.07) is 5.10. The van der Waals surface area contributed by atoms with Gasteiger partial charge in [-0.1, -0.05) is 11.6 Å².